The van der Waals surface area contributed by atoms with E-state index in [9.17, 15) is 0 Å². The molecule has 0 fully saturated rings. The Labute approximate surface area is 79.6 Å². The number of hydrogen-bond acceptors (Lipinski definition) is 4. The number of pyridine rings is 1. The fraction of sp³-hybridized carbons (Fsp3) is 0.125. The van der Waals surface area contributed by atoms with Crippen LogP contribution in [0, 0.1) is 0 Å². The second-order valence-corrected chi connectivity index (χ2v) is 2.78. The van der Waals surface area contributed by atoms with Gasteiger partial charge in [0.05, 0.1) is 6.42 Å². The summed E-state index contributed by atoms with van der Waals surface area (Å²) in [5, 5.41) is 3.71. The van der Waals surface area contributed by atoms with Gasteiger partial charge < -0.3 is 4.52 Å². The van der Waals surface area contributed by atoms with Crippen LogP contribution in [0.1, 0.15) is 11.5 Å². The van der Waals surface area contributed by atoms with Crippen LogP contribution in [-0.4, -0.2) is 15.1 Å². The van der Waals surface area contributed by atoms with Gasteiger partial charge in [0.1, 0.15) is 0 Å². The second kappa shape index (κ2) is 3.53. The van der Waals surface area contributed by atoms with Gasteiger partial charge in [-0.05, 0) is 23.7 Å². The van der Waals surface area contributed by atoms with Crippen molar-refractivity contribution >= 4 is 11.6 Å². The van der Waals surface area contributed by atoms with Gasteiger partial charge in [-0.2, -0.15) is 4.98 Å². The van der Waals surface area contributed by atoms with Crippen molar-refractivity contribution in [2.45, 2.75) is 6.42 Å². The van der Waals surface area contributed by atoms with Gasteiger partial charge in [0, 0.05) is 11.9 Å². The summed E-state index contributed by atoms with van der Waals surface area (Å²) in [7, 11) is 0. The largest absolute Gasteiger partial charge is 0.321 e. The molecule has 66 valence electrons. The van der Waals surface area contributed by atoms with Gasteiger partial charge in [-0.15, -0.1) is 0 Å². The molecule has 0 atom stereocenters. The molecule has 0 saturated heterocycles. The number of hydrogen-bond donors (Lipinski definition) is 0. The molecule has 0 bridgehead atoms. The van der Waals surface area contributed by atoms with E-state index < -0.39 is 0 Å². The highest BCUT2D eigenvalue weighted by atomic mass is 35.5. The maximum Gasteiger partial charge on any atom is 0.320 e. The molecule has 2 aromatic heterocycles. The average Bonchev–Trinajstić information content (AvgIpc) is 2.53. The van der Waals surface area contributed by atoms with Crippen LogP contribution in [0.25, 0.3) is 0 Å². The molecular weight excluding hydrogens is 190 g/mol. The predicted octanol–water partition coefficient (Wildman–Crippen LogP) is 1.71. The number of nitrogens with zero attached hydrogens (tertiary/aromatic N) is 3. The molecule has 5 heteroatoms. The summed E-state index contributed by atoms with van der Waals surface area (Å²) in [5.41, 5.74) is 0.889. The van der Waals surface area contributed by atoms with Gasteiger partial charge in [-0.25, -0.2) is 0 Å². The van der Waals surface area contributed by atoms with Crippen LogP contribution in [0.2, 0.25) is 5.35 Å². The van der Waals surface area contributed by atoms with E-state index in [4.69, 9.17) is 11.6 Å². The van der Waals surface area contributed by atoms with Crippen molar-refractivity contribution in [1.29, 1.82) is 0 Å². The topological polar surface area (TPSA) is 51.8 Å². The van der Waals surface area contributed by atoms with Gasteiger partial charge in [0.15, 0.2) is 5.82 Å². The summed E-state index contributed by atoms with van der Waals surface area (Å²) < 4.78 is 4.61. The fourth-order valence-electron chi connectivity index (χ4n) is 0.969. The van der Waals surface area contributed by atoms with Crippen molar-refractivity contribution in [3.63, 3.8) is 0 Å². The molecule has 4 nitrogen and oxygen atoms in total. The minimum Gasteiger partial charge on any atom is -0.321 e. The van der Waals surface area contributed by atoms with Gasteiger partial charge in [0.25, 0.3) is 0 Å². The van der Waals surface area contributed by atoms with Crippen LogP contribution in [0.15, 0.2) is 28.9 Å². The van der Waals surface area contributed by atoms with Crippen molar-refractivity contribution in [1.82, 2.24) is 15.1 Å². The lowest BCUT2D eigenvalue weighted by Gasteiger charge is -1.92. The molecule has 0 aliphatic carbocycles. The Balaban J connectivity index is 2.15. The summed E-state index contributed by atoms with van der Waals surface area (Å²) in [4.78, 5) is 7.97. The quantitative estimate of drug-likeness (QED) is 0.732. The standard InChI is InChI=1S/C8H6ClN3O/c9-8-11-7(12-13-8)5-6-3-1-2-4-10-6/h1-4H,5H2. The van der Waals surface area contributed by atoms with Crippen molar-refractivity contribution < 1.29 is 4.52 Å². The highest BCUT2D eigenvalue weighted by Gasteiger charge is 2.04. The lowest BCUT2D eigenvalue weighted by atomic mass is 10.3. The fourth-order valence-corrected chi connectivity index (χ4v) is 1.10. The first kappa shape index (κ1) is 8.19. The molecule has 13 heavy (non-hydrogen) atoms. The first-order valence-corrected chi connectivity index (χ1v) is 4.10. The van der Waals surface area contributed by atoms with E-state index in [0.717, 1.165) is 5.69 Å². The third-order valence-electron chi connectivity index (χ3n) is 1.51. The summed E-state index contributed by atoms with van der Waals surface area (Å²) in [6, 6.07) is 5.65. The maximum atomic E-state index is 5.47. The highest BCUT2D eigenvalue weighted by molar-refractivity contribution is 6.27. The van der Waals surface area contributed by atoms with Gasteiger partial charge in [-0.1, -0.05) is 11.2 Å². The normalized spacial score (nSPS) is 10.2. The third kappa shape index (κ3) is 2.03. The number of halogens is 1. The molecule has 0 unspecified atom stereocenters. The molecule has 0 aromatic carbocycles. The monoisotopic (exact) mass is 195 g/mol. The lowest BCUT2D eigenvalue weighted by molar-refractivity contribution is 0.413. The van der Waals surface area contributed by atoms with E-state index >= 15 is 0 Å². The Morgan fingerprint density at radius 3 is 2.92 bits per heavy atom. The molecule has 0 saturated carbocycles. The lowest BCUT2D eigenvalue weighted by Crippen LogP contribution is -1.92. The smallest absolute Gasteiger partial charge is 0.320 e. The summed E-state index contributed by atoms with van der Waals surface area (Å²) >= 11 is 5.47. The zero-order chi connectivity index (χ0) is 9.10. The van der Waals surface area contributed by atoms with E-state index in [-0.39, 0.29) is 5.35 Å². The molecule has 0 N–H and O–H groups in total. The number of rotatable bonds is 2. The van der Waals surface area contributed by atoms with Crippen molar-refractivity contribution in [2.75, 3.05) is 0 Å². The van der Waals surface area contributed by atoms with Gasteiger partial charge in [0.2, 0.25) is 0 Å². The van der Waals surface area contributed by atoms with Crippen LogP contribution in [0.5, 0.6) is 0 Å². The molecule has 2 heterocycles. The molecule has 2 rings (SSSR count). The SMILES string of the molecule is Clc1nc(Cc2ccccn2)no1. The number of aromatic nitrogens is 3. The molecule has 2 aromatic rings. The van der Waals surface area contributed by atoms with Crippen LogP contribution >= 0.6 is 11.6 Å². The van der Waals surface area contributed by atoms with E-state index in [1.807, 2.05) is 18.2 Å². The van der Waals surface area contributed by atoms with Gasteiger partial charge in [-0.3, -0.25) is 4.98 Å². The molecule has 0 spiro atoms. The van der Waals surface area contributed by atoms with E-state index in [1.54, 1.807) is 6.20 Å². The van der Waals surface area contributed by atoms with Crippen LogP contribution < -0.4 is 0 Å². The average molecular weight is 196 g/mol. The minimum absolute atomic E-state index is 0.0610. The first-order chi connectivity index (χ1) is 6.34. The minimum atomic E-state index is 0.0610. The molecule has 0 aliphatic rings. The van der Waals surface area contributed by atoms with E-state index in [0.29, 0.717) is 12.2 Å². The van der Waals surface area contributed by atoms with Crippen LogP contribution in [-0.2, 0) is 6.42 Å². The zero-order valence-corrected chi connectivity index (χ0v) is 7.40. The van der Waals surface area contributed by atoms with Crippen LogP contribution in [0.3, 0.4) is 0 Å². The first-order valence-electron chi connectivity index (χ1n) is 3.72. The van der Waals surface area contributed by atoms with Crippen LogP contribution in [0.4, 0.5) is 0 Å². The maximum absolute atomic E-state index is 5.47. The van der Waals surface area contributed by atoms with E-state index in [2.05, 4.69) is 19.6 Å². The Morgan fingerprint density at radius 2 is 2.31 bits per heavy atom. The summed E-state index contributed by atoms with van der Waals surface area (Å²) in [5.74, 6) is 0.545. The van der Waals surface area contributed by atoms with Gasteiger partial charge >= 0.3 is 5.35 Å². The van der Waals surface area contributed by atoms with Crippen molar-refractivity contribution in [2.24, 2.45) is 0 Å². The van der Waals surface area contributed by atoms with Crippen molar-refractivity contribution in [3.05, 3.63) is 41.3 Å². The predicted molar refractivity (Wildman–Crippen MR) is 46.4 cm³/mol. The highest BCUT2D eigenvalue weighted by Crippen LogP contribution is 2.06. The molecule has 0 amide bonds. The zero-order valence-electron chi connectivity index (χ0n) is 6.64. The Morgan fingerprint density at radius 1 is 1.38 bits per heavy atom. The molecular formula is C8H6ClN3O. The summed E-state index contributed by atoms with van der Waals surface area (Å²) in [6.45, 7) is 0. The second-order valence-electron chi connectivity index (χ2n) is 2.46. The molecule has 0 radical (unpaired) electrons. The third-order valence-corrected chi connectivity index (χ3v) is 1.66. The van der Waals surface area contributed by atoms with E-state index in [1.165, 1.54) is 0 Å². The van der Waals surface area contributed by atoms with Crippen molar-refractivity contribution in [3.8, 4) is 0 Å². The Hall–Kier alpha value is -1.42. The Kier molecular flexibility index (Phi) is 2.23. The summed E-state index contributed by atoms with van der Waals surface area (Å²) in [6.07, 6.45) is 2.26. The Bertz CT molecular complexity index is 387. The molecule has 0 aliphatic heterocycles.